The maximum Gasteiger partial charge on any atom is 0.230 e. The SMILES string of the molecule is CCc1nnc(CNC[C@@H]2CCCN2c2cccnn2)o1. The molecule has 0 amide bonds. The predicted octanol–water partition coefficient (Wildman–Crippen LogP) is 1.18. The molecule has 1 saturated heterocycles. The average Bonchev–Trinajstić information content (AvgIpc) is 3.17. The minimum absolute atomic E-state index is 0.440. The summed E-state index contributed by atoms with van der Waals surface area (Å²) in [5, 5.41) is 19.5. The van der Waals surface area contributed by atoms with E-state index in [2.05, 4.69) is 30.6 Å². The van der Waals surface area contributed by atoms with Crippen molar-refractivity contribution in [3.63, 3.8) is 0 Å². The molecule has 1 atom stereocenters. The molecule has 0 saturated carbocycles. The largest absolute Gasteiger partial charge is 0.424 e. The van der Waals surface area contributed by atoms with Gasteiger partial charge in [0, 0.05) is 31.7 Å². The summed E-state index contributed by atoms with van der Waals surface area (Å²) in [5.41, 5.74) is 0. The van der Waals surface area contributed by atoms with Crippen LogP contribution in [0.2, 0.25) is 0 Å². The van der Waals surface area contributed by atoms with Crippen LogP contribution in [0.1, 0.15) is 31.5 Å². The lowest BCUT2D eigenvalue weighted by Gasteiger charge is -2.25. The molecule has 0 aromatic carbocycles. The molecule has 0 spiro atoms. The maximum atomic E-state index is 5.49. The fraction of sp³-hybridized carbons (Fsp3) is 0.571. The van der Waals surface area contributed by atoms with E-state index in [1.54, 1.807) is 6.20 Å². The second kappa shape index (κ2) is 6.62. The molecule has 1 fully saturated rings. The lowest BCUT2D eigenvalue weighted by atomic mass is 10.2. The minimum Gasteiger partial charge on any atom is -0.424 e. The van der Waals surface area contributed by atoms with Crippen molar-refractivity contribution in [2.24, 2.45) is 0 Å². The van der Waals surface area contributed by atoms with Gasteiger partial charge in [0.05, 0.1) is 6.54 Å². The number of aromatic nitrogens is 4. The van der Waals surface area contributed by atoms with E-state index in [0.717, 1.165) is 31.7 Å². The zero-order chi connectivity index (χ0) is 14.5. The van der Waals surface area contributed by atoms with Crippen LogP contribution in [0.3, 0.4) is 0 Å². The summed E-state index contributed by atoms with van der Waals surface area (Å²) in [6, 6.07) is 4.38. The van der Waals surface area contributed by atoms with Crippen LogP contribution in [0.15, 0.2) is 22.7 Å². The first-order valence-corrected chi connectivity index (χ1v) is 7.43. The van der Waals surface area contributed by atoms with Gasteiger partial charge >= 0.3 is 0 Å². The number of anilines is 1. The molecule has 0 radical (unpaired) electrons. The maximum absolute atomic E-state index is 5.49. The average molecular weight is 288 g/mol. The van der Waals surface area contributed by atoms with Crippen LogP contribution in [0, 0.1) is 0 Å². The van der Waals surface area contributed by atoms with Crippen molar-refractivity contribution in [3.8, 4) is 0 Å². The number of aryl methyl sites for hydroxylation is 1. The van der Waals surface area contributed by atoms with Gasteiger partial charge in [0.15, 0.2) is 5.82 Å². The van der Waals surface area contributed by atoms with E-state index in [1.807, 2.05) is 19.1 Å². The van der Waals surface area contributed by atoms with Crippen molar-refractivity contribution in [3.05, 3.63) is 30.1 Å². The molecule has 2 aromatic rings. The fourth-order valence-corrected chi connectivity index (χ4v) is 2.64. The van der Waals surface area contributed by atoms with E-state index in [1.165, 1.54) is 6.42 Å². The molecule has 0 bridgehead atoms. The zero-order valence-electron chi connectivity index (χ0n) is 12.2. The van der Waals surface area contributed by atoms with E-state index in [-0.39, 0.29) is 0 Å². The van der Waals surface area contributed by atoms with Gasteiger partial charge in [-0.2, -0.15) is 5.10 Å². The Bertz CT molecular complexity index is 558. The first kappa shape index (κ1) is 13.9. The van der Waals surface area contributed by atoms with Crippen molar-refractivity contribution >= 4 is 5.82 Å². The van der Waals surface area contributed by atoms with E-state index in [9.17, 15) is 0 Å². The molecule has 21 heavy (non-hydrogen) atoms. The Kier molecular flexibility index (Phi) is 4.40. The number of nitrogens with zero attached hydrogens (tertiary/aromatic N) is 5. The van der Waals surface area contributed by atoms with Crippen LogP contribution in [-0.2, 0) is 13.0 Å². The second-order valence-corrected chi connectivity index (χ2v) is 5.15. The molecule has 7 heteroatoms. The van der Waals surface area contributed by atoms with Crippen molar-refractivity contribution < 1.29 is 4.42 Å². The lowest BCUT2D eigenvalue weighted by Crippen LogP contribution is -2.38. The summed E-state index contributed by atoms with van der Waals surface area (Å²) < 4.78 is 5.49. The number of hydrogen-bond acceptors (Lipinski definition) is 7. The number of rotatable bonds is 6. The zero-order valence-corrected chi connectivity index (χ0v) is 12.2. The molecule has 3 heterocycles. The van der Waals surface area contributed by atoms with Crippen LogP contribution in [0.5, 0.6) is 0 Å². The highest BCUT2D eigenvalue weighted by atomic mass is 16.4. The molecular formula is C14H20N6O. The second-order valence-electron chi connectivity index (χ2n) is 5.15. The Morgan fingerprint density at radius 3 is 3.00 bits per heavy atom. The van der Waals surface area contributed by atoms with Gasteiger partial charge in [0.1, 0.15) is 0 Å². The Balaban J connectivity index is 1.52. The standard InChI is InChI=1S/C14H20N6O/c1-2-13-18-19-14(21-13)10-15-9-11-5-4-8-20(11)12-6-3-7-16-17-12/h3,6-7,11,15H,2,4-5,8-10H2,1H3/t11-/m0/s1. The highest BCUT2D eigenvalue weighted by Crippen LogP contribution is 2.22. The van der Waals surface area contributed by atoms with E-state index in [0.29, 0.717) is 24.4 Å². The fourth-order valence-electron chi connectivity index (χ4n) is 2.64. The summed E-state index contributed by atoms with van der Waals surface area (Å²) in [7, 11) is 0. The first-order chi connectivity index (χ1) is 10.4. The van der Waals surface area contributed by atoms with Crippen LogP contribution in [0.4, 0.5) is 5.82 Å². The van der Waals surface area contributed by atoms with Gasteiger partial charge in [-0.15, -0.1) is 15.3 Å². The van der Waals surface area contributed by atoms with Crippen LogP contribution in [-0.4, -0.2) is 39.5 Å². The van der Waals surface area contributed by atoms with Crippen LogP contribution >= 0.6 is 0 Å². The Labute approximate surface area is 123 Å². The third-order valence-corrected chi connectivity index (χ3v) is 3.70. The minimum atomic E-state index is 0.440. The Morgan fingerprint density at radius 2 is 2.24 bits per heavy atom. The summed E-state index contributed by atoms with van der Waals surface area (Å²) in [6.45, 7) is 4.52. The van der Waals surface area contributed by atoms with Gasteiger partial charge in [-0.3, -0.25) is 0 Å². The summed E-state index contributed by atoms with van der Waals surface area (Å²) >= 11 is 0. The quantitative estimate of drug-likeness (QED) is 0.855. The van der Waals surface area contributed by atoms with Gasteiger partial charge in [0.2, 0.25) is 11.8 Å². The summed E-state index contributed by atoms with van der Waals surface area (Å²) in [5.74, 6) is 2.29. The molecule has 7 nitrogen and oxygen atoms in total. The van der Waals surface area contributed by atoms with E-state index >= 15 is 0 Å². The normalized spacial score (nSPS) is 18.3. The topological polar surface area (TPSA) is 80.0 Å². The van der Waals surface area contributed by atoms with Crippen molar-refractivity contribution in [1.29, 1.82) is 0 Å². The molecule has 1 aliphatic heterocycles. The number of hydrogen-bond donors (Lipinski definition) is 1. The van der Waals surface area contributed by atoms with Gasteiger partial charge in [0.25, 0.3) is 0 Å². The molecule has 1 aliphatic rings. The number of nitrogens with one attached hydrogen (secondary N) is 1. The Hall–Kier alpha value is -2.02. The smallest absolute Gasteiger partial charge is 0.230 e. The highest BCUT2D eigenvalue weighted by molar-refractivity contribution is 5.39. The third-order valence-electron chi connectivity index (χ3n) is 3.70. The Morgan fingerprint density at radius 1 is 1.33 bits per heavy atom. The predicted molar refractivity (Wildman–Crippen MR) is 77.8 cm³/mol. The summed E-state index contributed by atoms with van der Waals surface area (Å²) in [4.78, 5) is 2.31. The van der Waals surface area contributed by atoms with E-state index in [4.69, 9.17) is 4.42 Å². The molecule has 0 aliphatic carbocycles. The van der Waals surface area contributed by atoms with Crippen LogP contribution < -0.4 is 10.2 Å². The lowest BCUT2D eigenvalue weighted by molar-refractivity contribution is 0.430. The van der Waals surface area contributed by atoms with Gasteiger partial charge in [-0.05, 0) is 25.0 Å². The third kappa shape index (κ3) is 3.36. The van der Waals surface area contributed by atoms with Crippen molar-refractivity contribution in [2.75, 3.05) is 18.0 Å². The van der Waals surface area contributed by atoms with Gasteiger partial charge in [-0.25, -0.2) is 0 Å². The highest BCUT2D eigenvalue weighted by Gasteiger charge is 2.25. The monoisotopic (exact) mass is 288 g/mol. The molecule has 1 N–H and O–H groups in total. The van der Waals surface area contributed by atoms with Gasteiger partial charge in [-0.1, -0.05) is 6.92 Å². The van der Waals surface area contributed by atoms with Crippen LogP contribution in [0.25, 0.3) is 0 Å². The molecule has 2 aromatic heterocycles. The first-order valence-electron chi connectivity index (χ1n) is 7.43. The van der Waals surface area contributed by atoms with E-state index < -0.39 is 0 Å². The molecule has 112 valence electrons. The molecular weight excluding hydrogens is 268 g/mol. The summed E-state index contributed by atoms with van der Waals surface area (Å²) in [6.07, 6.45) is 4.82. The van der Waals surface area contributed by atoms with Crippen molar-refractivity contribution in [2.45, 2.75) is 38.8 Å². The van der Waals surface area contributed by atoms with Gasteiger partial charge < -0.3 is 14.6 Å². The molecule has 3 rings (SSSR count). The molecule has 0 unspecified atom stereocenters. The van der Waals surface area contributed by atoms with Crippen molar-refractivity contribution in [1.82, 2.24) is 25.7 Å².